The van der Waals surface area contributed by atoms with E-state index in [-0.39, 0.29) is 6.04 Å². The molecule has 5 nitrogen and oxygen atoms in total. The monoisotopic (exact) mass is 319 g/mol. The van der Waals surface area contributed by atoms with Gasteiger partial charge in [-0.2, -0.15) is 17.0 Å². The van der Waals surface area contributed by atoms with Gasteiger partial charge in [-0.1, -0.05) is 20.3 Å². The van der Waals surface area contributed by atoms with Gasteiger partial charge < -0.3 is 5.32 Å². The molecule has 21 heavy (non-hydrogen) atoms. The molecule has 0 spiro atoms. The van der Waals surface area contributed by atoms with Gasteiger partial charge >= 0.3 is 0 Å². The minimum Gasteiger partial charge on any atom is -0.317 e. The Morgan fingerprint density at radius 3 is 2.24 bits per heavy atom. The van der Waals surface area contributed by atoms with E-state index in [9.17, 15) is 8.42 Å². The molecule has 0 aromatic carbocycles. The number of hydrogen-bond acceptors (Lipinski definition) is 3. The average molecular weight is 320 g/mol. The van der Waals surface area contributed by atoms with Crippen molar-refractivity contribution in [3.63, 3.8) is 0 Å². The summed E-state index contributed by atoms with van der Waals surface area (Å²) in [6.45, 7) is 6.65. The van der Waals surface area contributed by atoms with E-state index in [1.807, 2.05) is 0 Å². The van der Waals surface area contributed by atoms with Gasteiger partial charge in [-0.25, -0.2) is 0 Å². The van der Waals surface area contributed by atoms with Gasteiger partial charge in [0.2, 0.25) is 0 Å². The summed E-state index contributed by atoms with van der Waals surface area (Å²) >= 11 is 0. The third-order valence-electron chi connectivity index (χ3n) is 4.74. The number of nitrogens with zero attached hydrogens (tertiary/aromatic N) is 2. The Morgan fingerprint density at radius 1 is 1.10 bits per heavy atom. The van der Waals surface area contributed by atoms with Crippen LogP contribution in [0.3, 0.4) is 0 Å². The van der Waals surface area contributed by atoms with Crippen molar-refractivity contribution in [2.75, 3.05) is 33.7 Å². The zero-order valence-electron chi connectivity index (χ0n) is 14.1. The summed E-state index contributed by atoms with van der Waals surface area (Å²) in [5, 5.41) is 3.22. The molecule has 1 aliphatic carbocycles. The highest BCUT2D eigenvalue weighted by Crippen LogP contribution is 2.30. The highest BCUT2D eigenvalue weighted by atomic mass is 32.2. The minimum absolute atomic E-state index is 0.175. The van der Waals surface area contributed by atoms with Crippen molar-refractivity contribution in [2.45, 2.75) is 58.4 Å². The third kappa shape index (κ3) is 5.51. The van der Waals surface area contributed by atoms with E-state index >= 15 is 0 Å². The molecular formula is C15H33N3O2S. The van der Waals surface area contributed by atoms with E-state index in [2.05, 4.69) is 19.2 Å². The first-order valence-electron chi connectivity index (χ1n) is 8.33. The van der Waals surface area contributed by atoms with E-state index in [0.29, 0.717) is 6.54 Å². The van der Waals surface area contributed by atoms with Crippen LogP contribution < -0.4 is 5.32 Å². The van der Waals surface area contributed by atoms with Crippen LogP contribution >= 0.6 is 0 Å². The van der Waals surface area contributed by atoms with Crippen molar-refractivity contribution < 1.29 is 8.42 Å². The fraction of sp³-hybridized carbons (Fsp3) is 1.00. The Hall–Kier alpha value is -0.170. The Morgan fingerprint density at radius 2 is 1.71 bits per heavy atom. The fourth-order valence-electron chi connectivity index (χ4n) is 3.04. The highest BCUT2D eigenvalue weighted by molar-refractivity contribution is 7.86. The number of hydrogen-bond donors (Lipinski definition) is 1. The first-order valence-corrected chi connectivity index (χ1v) is 9.73. The van der Waals surface area contributed by atoms with Crippen molar-refractivity contribution in [3.05, 3.63) is 0 Å². The molecule has 6 heteroatoms. The molecule has 1 N–H and O–H groups in total. The lowest BCUT2D eigenvalue weighted by atomic mass is 9.85. The van der Waals surface area contributed by atoms with Gasteiger partial charge in [-0.05, 0) is 51.1 Å². The van der Waals surface area contributed by atoms with Crippen LogP contribution in [0.1, 0.15) is 52.4 Å². The average Bonchev–Trinajstić information content (AvgIpc) is 2.50. The normalized spacial score (nSPS) is 23.9. The second-order valence-electron chi connectivity index (χ2n) is 6.14. The van der Waals surface area contributed by atoms with E-state index in [4.69, 9.17) is 0 Å². The van der Waals surface area contributed by atoms with Crippen LogP contribution in [-0.4, -0.2) is 56.8 Å². The Labute approximate surface area is 131 Å². The van der Waals surface area contributed by atoms with Crippen LogP contribution in [0, 0.1) is 5.92 Å². The lowest BCUT2D eigenvalue weighted by molar-refractivity contribution is 0.224. The summed E-state index contributed by atoms with van der Waals surface area (Å²) in [6, 6.07) is 0.175. The Balaban J connectivity index is 2.48. The van der Waals surface area contributed by atoms with E-state index < -0.39 is 10.2 Å². The molecule has 0 radical (unpaired) electrons. The summed E-state index contributed by atoms with van der Waals surface area (Å²) < 4.78 is 28.3. The van der Waals surface area contributed by atoms with Gasteiger partial charge in [-0.15, -0.1) is 0 Å². The maximum atomic E-state index is 12.6. The molecule has 0 bridgehead atoms. The summed E-state index contributed by atoms with van der Waals surface area (Å²) in [7, 11) is 0.122. The largest absolute Gasteiger partial charge is 0.317 e. The lowest BCUT2D eigenvalue weighted by Crippen LogP contribution is -2.46. The number of rotatable bonds is 9. The molecule has 0 unspecified atom stereocenters. The summed E-state index contributed by atoms with van der Waals surface area (Å²) in [5.74, 6) is 0.787. The van der Waals surface area contributed by atoms with Crippen LogP contribution in [0.2, 0.25) is 0 Å². The summed E-state index contributed by atoms with van der Waals surface area (Å²) in [6.07, 6.45) is 6.38. The van der Waals surface area contributed by atoms with Crippen molar-refractivity contribution in [1.82, 2.24) is 13.9 Å². The maximum Gasteiger partial charge on any atom is 0.281 e. The molecule has 1 fully saturated rings. The third-order valence-corrected chi connectivity index (χ3v) is 6.74. The first kappa shape index (κ1) is 18.9. The van der Waals surface area contributed by atoms with Crippen LogP contribution in [0.15, 0.2) is 0 Å². The van der Waals surface area contributed by atoms with E-state index in [1.165, 1.54) is 10.7 Å². The van der Waals surface area contributed by atoms with Gasteiger partial charge in [0.15, 0.2) is 0 Å². The van der Waals surface area contributed by atoms with Crippen LogP contribution in [0.4, 0.5) is 0 Å². The van der Waals surface area contributed by atoms with Crippen molar-refractivity contribution in [1.29, 1.82) is 0 Å². The van der Waals surface area contributed by atoms with Gasteiger partial charge in [0.25, 0.3) is 10.2 Å². The minimum atomic E-state index is -3.31. The molecule has 1 rings (SSSR count). The molecule has 0 aromatic rings. The molecule has 1 saturated carbocycles. The fourth-order valence-corrected chi connectivity index (χ4v) is 4.43. The molecule has 0 amide bonds. The second kappa shape index (κ2) is 9.08. The van der Waals surface area contributed by atoms with E-state index in [1.54, 1.807) is 18.4 Å². The molecule has 0 aliphatic heterocycles. The molecule has 0 aromatic heterocycles. The summed E-state index contributed by atoms with van der Waals surface area (Å²) in [4.78, 5) is 0. The van der Waals surface area contributed by atoms with Crippen molar-refractivity contribution in [3.8, 4) is 0 Å². The quantitative estimate of drug-likeness (QED) is 0.662. The molecule has 0 heterocycles. The predicted molar refractivity (Wildman–Crippen MR) is 88.5 cm³/mol. The zero-order valence-corrected chi connectivity index (χ0v) is 15.0. The van der Waals surface area contributed by atoms with Gasteiger partial charge in [0.1, 0.15) is 0 Å². The number of nitrogens with one attached hydrogen (secondary N) is 1. The first-order chi connectivity index (χ1) is 9.93. The highest BCUT2D eigenvalue weighted by Gasteiger charge is 2.32. The van der Waals surface area contributed by atoms with Gasteiger partial charge in [0, 0.05) is 26.7 Å². The molecule has 0 atom stereocenters. The van der Waals surface area contributed by atoms with Crippen LogP contribution in [0.5, 0.6) is 0 Å². The van der Waals surface area contributed by atoms with E-state index in [0.717, 1.165) is 51.1 Å². The van der Waals surface area contributed by atoms with Gasteiger partial charge in [0.05, 0.1) is 0 Å². The topological polar surface area (TPSA) is 52.7 Å². The SMILES string of the molecule is CCNCCCN(C)S(=O)(=O)N(C)C1CCC(CC)CC1. The lowest BCUT2D eigenvalue weighted by Gasteiger charge is -2.35. The van der Waals surface area contributed by atoms with Crippen LogP contribution in [0.25, 0.3) is 0 Å². The smallest absolute Gasteiger partial charge is 0.281 e. The van der Waals surface area contributed by atoms with Gasteiger partial charge in [-0.3, -0.25) is 0 Å². The van der Waals surface area contributed by atoms with Crippen molar-refractivity contribution in [2.24, 2.45) is 5.92 Å². The zero-order chi connectivity index (χ0) is 15.9. The maximum absolute atomic E-state index is 12.6. The standard InChI is InChI=1S/C15H33N3O2S/c1-5-14-8-10-15(11-9-14)18(4)21(19,20)17(3)13-7-12-16-6-2/h14-16H,5-13H2,1-4H3. The second-order valence-corrected chi connectivity index (χ2v) is 8.23. The molecular weight excluding hydrogens is 286 g/mol. The predicted octanol–water partition coefficient (Wildman–Crippen LogP) is 2.06. The van der Waals surface area contributed by atoms with Crippen molar-refractivity contribution >= 4 is 10.2 Å². The molecule has 126 valence electrons. The van der Waals surface area contributed by atoms with Crippen LogP contribution in [-0.2, 0) is 10.2 Å². The molecule has 1 aliphatic rings. The molecule has 0 saturated heterocycles. The summed E-state index contributed by atoms with van der Waals surface area (Å²) in [5.41, 5.74) is 0. The Kier molecular flexibility index (Phi) is 8.16. The Bertz CT molecular complexity index is 378.